The molecule has 1 rings (SSSR count). The number of hydrogen-bond acceptors (Lipinski definition) is 2. The fraction of sp³-hybridized carbons (Fsp3) is 0.556. The monoisotopic (exact) mass is 170 g/mol. The molecule has 0 bridgehead atoms. The highest BCUT2D eigenvalue weighted by Crippen LogP contribution is 2.21. The van der Waals surface area contributed by atoms with Crippen LogP contribution in [0.1, 0.15) is 22.2 Å². The van der Waals surface area contributed by atoms with Crippen molar-refractivity contribution in [1.29, 1.82) is 0 Å². The molecule has 0 spiro atoms. The molecule has 0 aromatic carbocycles. The molecule has 0 saturated carbocycles. The summed E-state index contributed by atoms with van der Waals surface area (Å²) in [4.78, 5) is 2.67. The average molecular weight is 170 g/mol. The number of aryl methyl sites for hydroxylation is 2. The van der Waals surface area contributed by atoms with E-state index in [1.807, 2.05) is 6.92 Å². The molecule has 0 fully saturated rings. The number of hydrogen-bond donors (Lipinski definition) is 1. The molecule has 1 aromatic rings. The first-order chi connectivity index (χ1) is 5.09. The van der Waals surface area contributed by atoms with E-state index in [4.69, 9.17) is 5.11 Å². The van der Waals surface area contributed by atoms with Gasteiger partial charge in [-0.25, -0.2) is 0 Å². The zero-order valence-electron chi connectivity index (χ0n) is 7.22. The fourth-order valence-electron chi connectivity index (χ4n) is 1.20. The molecular formula is C9H14OS. The molecule has 1 N–H and O–H groups in total. The summed E-state index contributed by atoms with van der Waals surface area (Å²) < 4.78 is 0. The second-order valence-electron chi connectivity index (χ2n) is 2.99. The van der Waals surface area contributed by atoms with Gasteiger partial charge in [0.25, 0.3) is 0 Å². The van der Waals surface area contributed by atoms with Gasteiger partial charge < -0.3 is 5.11 Å². The van der Waals surface area contributed by atoms with Gasteiger partial charge in [-0.15, -0.1) is 11.3 Å². The number of aliphatic hydroxyl groups is 1. The van der Waals surface area contributed by atoms with E-state index in [0.29, 0.717) is 0 Å². The predicted molar refractivity (Wildman–Crippen MR) is 49.2 cm³/mol. The molecule has 62 valence electrons. The Kier molecular flexibility index (Phi) is 2.68. The van der Waals surface area contributed by atoms with Gasteiger partial charge in [0.15, 0.2) is 0 Å². The number of thiophene rings is 1. The highest BCUT2D eigenvalue weighted by molar-refractivity contribution is 7.12. The van der Waals surface area contributed by atoms with E-state index in [0.717, 1.165) is 6.42 Å². The Balaban J connectivity index is 2.77. The van der Waals surface area contributed by atoms with Crippen molar-refractivity contribution in [2.75, 3.05) is 0 Å². The van der Waals surface area contributed by atoms with Gasteiger partial charge in [0.1, 0.15) is 0 Å². The molecular weight excluding hydrogens is 156 g/mol. The van der Waals surface area contributed by atoms with E-state index in [2.05, 4.69) is 19.9 Å². The quantitative estimate of drug-likeness (QED) is 0.722. The van der Waals surface area contributed by atoms with Crippen molar-refractivity contribution >= 4 is 11.3 Å². The van der Waals surface area contributed by atoms with Gasteiger partial charge in [0.05, 0.1) is 6.10 Å². The molecule has 2 heteroatoms. The van der Waals surface area contributed by atoms with Crippen LogP contribution in [0.4, 0.5) is 0 Å². The van der Waals surface area contributed by atoms with Crippen LogP contribution in [0.15, 0.2) is 6.07 Å². The van der Waals surface area contributed by atoms with E-state index < -0.39 is 0 Å². The van der Waals surface area contributed by atoms with Crippen molar-refractivity contribution < 1.29 is 5.11 Å². The molecule has 0 aliphatic rings. The van der Waals surface area contributed by atoms with Gasteiger partial charge in [-0.05, 0) is 38.8 Å². The van der Waals surface area contributed by atoms with E-state index in [9.17, 15) is 0 Å². The zero-order chi connectivity index (χ0) is 8.43. The summed E-state index contributed by atoms with van der Waals surface area (Å²) in [6, 6.07) is 2.16. The second-order valence-corrected chi connectivity index (χ2v) is 4.45. The normalized spacial score (nSPS) is 13.5. The average Bonchev–Trinajstić information content (AvgIpc) is 2.09. The second kappa shape index (κ2) is 3.37. The predicted octanol–water partition coefficient (Wildman–Crippen LogP) is 2.29. The Labute approximate surface area is 71.7 Å². The Hall–Kier alpha value is -0.340. The molecule has 0 aliphatic heterocycles. The van der Waals surface area contributed by atoms with Gasteiger partial charge >= 0.3 is 0 Å². The Morgan fingerprint density at radius 2 is 2.18 bits per heavy atom. The molecule has 0 amide bonds. The first kappa shape index (κ1) is 8.75. The minimum absolute atomic E-state index is 0.220. The molecule has 1 nitrogen and oxygen atoms in total. The van der Waals surface area contributed by atoms with Crippen molar-refractivity contribution in [3.63, 3.8) is 0 Å². The number of rotatable bonds is 2. The van der Waals surface area contributed by atoms with Crippen molar-refractivity contribution in [2.45, 2.75) is 33.3 Å². The SMILES string of the molecule is Cc1cc(C[C@@H](C)O)c(C)s1. The highest BCUT2D eigenvalue weighted by atomic mass is 32.1. The van der Waals surface area contributed by atoms with Gasteiger partial charge in [-0.3, -0.25) is 0 Å². The maximum Gasteiger partial charge on any atom is 0.0552 e. The maximum absolute atomic E-state index is 9.14. The van der Waals surface area contributed by atoms with E-state index in [1.54, 1.807) is 11.3 Å². The molecule has 0 radical (unpaired) electrons. The van der Waals surface area contributed by atoms with Crippen LogP contribution in [0.5, 0.6) is 0 Å². The molecule has 1 aromatic heterocycles. The first-order valence-electron chi connectivity index (χ1n) is 3.83. The topological polar surface area (TPSA) is 20.2 Å². The lowest BCUT2D eigenvalue weighted by Gasteiger charge is -2.01. The Morgan fingerprint density at radius 3 is 2.55 bits per heavy atom. The van der Waals surface area contributed by atoms with E-state index >= 15 is 0 Å². The van der Waals surface area contributed by atoms with Crippen LogP contribution in [-0.2, 0) is 6.42 Å². The van der Waals surface area contributed by atoms with E-state index in [-0.39, 0.29) is 6.10 Å². The van der Waals surface area contributed by atoms with Gasteiger partial charge in [-0.1, -0.05) is 0 Å². The van der Waals surface area contributed by atoms with Crippen molar-refractivity contribution in [2.24, 2.45) is 0 Å². The Morgan fingerprint density at radius 1 is 1.55 bits per heavy atom. The highest BCUT2D eigenvalue weighted by Gasteiger charge is 2.04. The summed E-state index contributed by atoms with van der Waals surface area (Å²) >= 11 is 1.80. The third-order valence-corrected chi connectivity index (χ3v) is 2.67. The third kappa shape index (κ3) is 2.31. The third-order valence-electron chi connectivity index (χ3n) is 1.66. The van der Waals surface area contributed by atoms with Crippen LogP contribution in [0, 0.1) is 13.8 Å². The lowest BCUT2D eigenvalue weighted by molar-refractivity contribution is 0.195. The largest absolute Gasteiger partial charge is 0.393 e. The van der Waals surface area contributed by atoms with E-state index in [1.165, 1.54) is 15.3 Å². The lowest BCUT2D eigenvalue weighted by atomic mass is 10.1. The van der Waals surface area contributed by atoms with Gasteiger partial charge in [0, 0.05) is 9.75 Å². The first-order valence-corrected chi connectivity index (χ1v) is 4.65. The van der Waals surface area contributed by atoms with Crippen LogP contribution in [0.2, 0.25) is 0 Å². The van der Waals surface area contributed by atoms with Crippen LogP contribution < -0.4 is 0 Å². The van der Waals surface area contributed by atoms with Gasteiger partial charge in [-0.2, -0.15) is 0 Å². The van der Waals surface area contributed by atoms with Crippen LogP contribution in [-0.4, -0.2) is 11.2 Å². The molecule has 0 unspecified atom stereocenters. The maximum atomic E-state index is 9.14. The molecule has 0 saturated heterocycles. The minimum Gasteiger partial charge on any atom is -0.393 e. The number of aliphatic hydroxyl groups excluding tert-OH is 1. The van der Waals surface area contributed by atoms with Crippen LogP contribution >= 0.6 is 11.3 Å². The minimum atomic E-state index is -0.220. The van der Waals surface area contributed by atoms with Crippen molar-refractivity contribution in [3.05, 3.63) is 21.4 Å². The fourth-order valence-corrected chi connectivity index (χ4v) is 2.16. The lowest BCUT2D eigenvalue weighted by Crippen LogP contribution is -2.03. The molecule has 1 heterocycles. The van der Waals surface area contributed by atoms with Gasteiger partial charge in [0.2, 0.25) is 0 Å². The van der Waals surface area contributed by atoms with Crippen LogP contribution in [0.25, 0.3) is 0 Å². The summed E-state index contributed by atoms with van der Waals surface area (Å²) in [7, 11) is 0. The Bertz CT molecular complexity index is 238. The zero-order valence-corrected chi connectivity index (χ0v) is 8.03. The standard InChI is InChI=1S/C9H14OS/c1-6(10)4-9-5-7(2)11-8(9)3/h5-6,10H,4H2,1-3H3/t6-/m1/s1. The molecule has 0 aliphatic carbocycles. The smallest absolute Gasteiger partial charge is 0.0552 e. The molecule has 11 heavy (non-hydrogen) atoms. The summed E-state index contributed by atoms with van der Waals surface area (Å²) in [5.41, 5.74) is 1.29. The van der Waals surface area contributed by atoms with Crippen LogP contribution in [0.3, 0.4) is 0 Å². The van der Waals surface area contributed by atoms with Crippen molar-refractivity contribution in [1.82, 2.24) is 0 Å². The summed E-state index contributed by atoms with van der Waals surface area (Å²) in [6.07, 6.45) is 0.568. The summed E-state index contributed by atoms with van der Waals surface area (Å²) in [5.74, 6) is 0. The summed E-state index contributed by atoms with van der Waals surface area (Å²) in [6.45, 7) is 6.03. The summed E-state index contributed by atoms with van der Waals surface area (Å²) in [5, 5.41) is 9.14. The van der Waals surface area contributed by atoms with Crippen molar-refractivity contribution in [3.8, 4) is 0 Å². The molecule has 1 atom stereocenters.